The van der Waals surface area contributed by atoms with Gasteiger partial charge in [-0.05, 0) is 46.7 Å². The summed E-state index contributed by atoms with van der Waals surface area (Å²) in [6.07, 6.45) is 0. The molecule has 21 heavy (non-hydrogen) atoms. The number of aryl methyl sites for hydroxylation is 1. The van der Waals surface area contributed by atoms with Gasteiger partial charge >= 0.3 is 0 Å². The maximum absolute atomic E-state index is 3.55. The number of halogens is 1. The van der Waals surface area contributed by atoms with E-state index in [2.05, 4.69) is 94.3 Å². The van der Waals surface area contributed by atoms with Gasteiger partial charge in [-0.15, -0.1) is 0 Å². The first-order valence-electron chi connectivity index (χ1n) is 6.96. The summed E-state index contributed by atoms with van der Waals surface area (Å²) in [6.45, 7) is 0. The van der Waals surface area contributed by atoms with Gasteiger partial charge in [-0.2, -0.15) is 0 Å². The highest BCUT2D eigenvalue weighted by Crippen LogP contribution is 2.30. The van der Waals surface area contributed by atoms with Crippen molar-refractivity contribution in [3.05, 3.63) is 71.2 Å². The van der Waals surface area contributed by atoms with Gasteiger partial charge in [-0.25, -0.2) is 0 Å². The normalized spacial score (nSPS) is 11.3. The van der Waals surface area contributed by atoms with E-state index in [0.717, 1.165) is 4.47 Å². The molecule has 2 heteroatoms. The molecule has 0 aliphatic carbocycles. The molecule has 4 aromatic rings. The van der Waals surface area contributed by atoms with Gasteiger partial charge in [-0.1, -0.05) is 52.3 Å². The molecule has 0 fully saturated rings. The SMILES string of the molecule is Cn1c(-c2ccc3ccccc3c2)cc2cc(Br)ccc21. The molecule has 102 valence electrons. The molecule has 0 saturated carbocycles. The Morgan fingerprint density at radius 3 is 2.43 bits per heavy atom. The molecular formula is C19H14BrN. The van der Waals surface area contributed by atoms with Gasteiger partial charge in [0, 0.05) is 28.1 Å². The van der Waals surface area contributed by atoms with E-state index in [1.165, 1.54) is 32.9 Å². The van der Waals surface area contributed by atoms with Crippen molar-refractivity contribution >= 4 is 37.6 Å². The van der Waals surface area contributed by atoms with E-state index < -0.39 is 0 Å². The van der Waals surface area contributed by atoms with E-state index in [0.29, 0.717) is 0 Å². The molecule has 0 aliphatic heterocycles. The largest absolute Gasteiger partial charge is 0.344 e. The van der Waals surface area contributed by atoms with Crippen LogP contribution >= 0.6 is 15.9 Å². The predicted molar refractivity (Wildman–Crippen MR) is 93.6 cm³/mol. The summed E-state index contributed by atoms with van der Waals surface area (Å²) in [6, 6.07) is 23.8. The van der Waals surface area contributed by atoms with Gasteiger partial charge in [0.1, 0.15) is 0 Å². The lowest BCUT2D eigenvalue weighted by molar-refractivity contribution is 0.978. The van der Waals surface area contributed by atoms with Crippen LogP contribution in [0.3, 0.4) is 0 Å². The van der Waals surface area contributed by atoms with Gasteiger partial charge in [0.25, 0.3) is 0 Å². The second-order valence-corrected chi connectivity index (χ2v) is 6.27. The molecule has 0 aliphatic rings. The van der Waals surface area contributed by atoms with Crippen molar-refractivity contribution in [2.24, 2.45) is 7.05 Å². The smallest absolute Gasteiger partial charge is 0.0488 e. The Labute approximate surface area is 132 Å². The fourth-order valence-electron chi connectivity index (χ4n) is 2.95. The first-order chi connectivity index (χ1) is 10.2. The second-order valence-electron chi connectivity index (χ2n) is 5.35. The fourth-order valence-corrected chi connectivity index (χ4v) is 3.32. The first kappa shape index (κ1) is 12.7. The van der Waals surface area contributed by atoms with Crippen LogP contribution in [0.5, 0.6) is 0 Å². The highest BCUT2D eigenvalue weighted by molar-refractivity contribution is 9.10. The average molecular weight is 336 g/mol. The quantitative estimate of drug-likeness (QED) is 0.416. The predicted octanol–water partition coefficient (Wildman–Crippen LogP) is 5.76. The summed E-state index contributed by atoms with van der Waals surface area (Å²) < 4.78 is 3.37. The van der Waals surface area contributed by atoms with Gasteiger partial charge in [0.05, 0.1) is 0 Å². The molecular weight excluding hydrogens is 322 g/mol. The number of benzene rings is 3. The molecule has 0 bridgehead atoms. The third kappa shape index (κ3) is 2.07. The van der Waals surface area contributed by atoms with Crippen LogP contribution in [-0.4, -0.2) is 4.57 Å². The van der Waals surface area contributed by atoms with Gasteiger partial charge < -0.3 is 4.57 Å². The minimum atomic E-state index is 1.12. The molecule has 0 amide bonds. The molecule has 0 unspecified atom stereocenters. The Balaban J connectivity index is 1.97. The van der Waals surface area contributed by atoms with E-state index in [4.69, 9.17) is 0 Å². The number of rotatable bonds is 1. The Morgan fingerprint density at radius 2 is 1.57 bits per heavy atom. The molecule has 0 radical (unpaired) electrons. The van der Waals surface area contributed by atoms with Gasteiger partial charge in [0.15, 0.2) is 0 Å². The molecule has 4 rings (SSSR count). The number of nitrogens with zero attached hydrogens (tertiary/aromatic N) is 1. The summed E-state index contributed by atoms with van der Waals surface area (Å²) in [4.78, 5) is 0. The van der Waals surface area contributed by atoms with Crippen molar-refractivity contribution in [1.29, 1.82) is 0 Å². The molecule has 3 aromatic carbocycles. The monoisotopic (exact) mass is 335 g/mol. The van der Waals surface area contributed by atoms with Crippen LogP contribution < -0.4 is 0 Å². The Morgan fingerprint density at radius 1 is 0.762 bits per heavy atom. The number of fused-ring (bicyclic) bond motifs is 2. The summed E-state index contributed by atoms with van der Waals surface area (Å²) in [5, 5.41) is 3.82. The van der Waals surface area contributed by atoms with Crippen molar-refractivity contribution in [1.82, 2.24) is 4.57 Å². The maximum atomic E-state index is 3.55. The fraction of sp³-hybridized carbons (Fsp3) is 0.0526. The topological polar surface area (TPSA) is 4.93 Å². The van der Waals surface area contributed by atoms with E-state index in [1.54, 1.807) is 0 Å². The number of hydrogen-bond donors (Lipinski definition) is 0. The molecule has 1 aromatic heterocycles. The average Bonchev–Trinajstić information content (AvgIpc) is 2.83. The second kappa shape index (κ2) is 4.74. The van der Waals surface area contributed by atoms with Crippen molar-refractivity contribution in [3.8, 4) is 11.3 Å². The zero-order valence-electron chi connectivity index (χ0n) is 11.7. The zero-order chi connectivity index (χ0) is 14.4. The highest BCUT2D eigenvalue weighted by Gasteiger charge is 2.08. The number of hydrogen-bond acceptors (Lipinski definition) is 0. The summed E-state index contributed by atoms with van der Waals surface area (Å²) >= 11 is 3.55. The lowest BCUT2D eigenvalue weighted by atomic mass is 10.1. The van der Waals surface area contributed by atoms with Gasteiger partial charge in [0.2, 0.25) is 0 Å². The van der Waals surface area contributed by atoms with E-state index in [9.17, 15) is 0 Å². The third-order valence-corrected chi connectivity index (χ3v) is 4.54. The van der Waals surface area contributed by atoms with Crippen LogP contribution in [0.4, 0.5) is 0 Å². The van der Waals surface area contributed by atoms with Crippen molar-refractivity contribution in [2.75, 3.05) is 0 Å². The third-order valence-electron chi connectivity index (χ3n) is 4.05. The molecule has 1 heterocycles. The van der Waals surface area contributed by atoms with E-state index >= 15 is 0 Å². The molecule has 0 saturated heterocycles. The van der Waals surface area contributed by atoms with Crippen LogP contribution in [-0.2, 0) is 7.05 Å². The van der Waals surface area contributed by atoms with Crippen LogP contribution in [0, 0.1) is 0 Å². The Kier molecular flexibility index (Phi) is 2.86. The molecule has 0 N–H and O–H groups in total. The Bertz CT molecular complexity index is 966. The van der Waals surface area contributed by atoms with Gasteiger partial charge in [-0.3, -0.25) is 0 Å². The lowest BCUT2D eigenvalue weighted by Gasteiger charge is -2.06. The molecule has 1 nitrogen and oxygen atoms in total. The van der Waals surface area contributed by atoms with Crippen molar-refractivity contribution in [2.45, 2.75) is 0 Å². The van der Waals surface area contributed by atoms with E-state index in [-0.39, 0.29) is 0 Å². The maximum Gasteiger partial charge on any atom is 0.0488 e. The van der Waals surface area contributed by atoms with Crippen molar-refractivity contribution in [3.63, 3.8) is 0 Å². The standard InChI is InChI=1S/C19H14BrN/c1-21-18-9-8-17(20)11-16(18)12-19(21)15-7-6-13-4-2-3-5-14(13)10-15/h2-12H,1H3. The Hall–Kier alpha value is -2.06. The van der Waals surface area contributed by atoms with Crippen LogP contribution in [0.1, 0.15) is 0 Å². The van der Waals surface area contributed by atoms with Crippen LogP contribution in [0.2, 0.25) is 0 Å². The van der Waals surface area contributed by atoms with Crippen LogP contribution in [0.25, 0.3) is 32.9 Å². The summed E-state index contributed by atoms with van der Waals surface area (Å²) in [5.41, 5.74) is 3.75. The van der Waals surface area contributed by atoms with Crippen LogP contribution in [0.15, 0.2) is 71.2 Å². The lowest BCUT2D eigenvalue weighted by Crippen LogP contribution is -1.91. The van der Waals surface area contributed by atoms with E-state index in [1.807, 2.05) is 0 Å². The summed E-state index contributed by atoms with van der Waals surface area (Å²) in [5.74, 6) is 0. The minimum Gasteiger partial charge on any atom is -0.344 e. The summed E-state index contributed by atoms with van der Waals surface area (Å²) in [7, 11) is 2.13. The first-order valence-corrected chi connectivity index (χ1v) is 7.76. The molecule has 0 spiro atoms. The minimum absolute atomic E-state index is 1.12. The molecule has 0 atom stereocenters. The number of aromatic nitrogens is 1. The zero-order valence-corrected chi connectivity index (χ0v) is 13.3. The van der Waals surface area contributed by atoms with Crippen molar-refractivity contribution < 1.29 is 0 Å². The highest BCUT2D eigenvalue weighted by atomic mass is 79.9.